The molecule has 4 aromatic rings. The van der Waals surface area contributed by atoms with Gasteiger partial charge in [-0.15, -0.1) is 0 Å². The summed E-state index contributed by atoms with van der Waals surface area (Å²) in [4.78, 5) is 0. The summed E-state index contributed by atoms with van der Waals surface area (Å²) in [5.74, 6) is 0. The summed E-state index contributed by atoms with van der Waals surface area (Å²) in [5.41, 5.74) is 16.8. The first-order chi connectivity index (χ1) is 15.2. The zero-order chi connectivity index (χ0) is 20.5. The second kappa shape index (κ2) is 5.25. The van der Waals surface area contributed by atoms with E-state index in [1.165, 1.54) is 70.0 Å². The highest BCUT2D eigenvalue weighted by molar-refractivity contribution is 6.96. The van der Waals surface area contributed by atoms with Crippen LogP contribution in [0.5, 0.6) is 0 Å². The number of fused-ring (bicyclic) bond motifs is 9. The molecular weight excluding hydrogens is 373 g/mol. The van der Waals surface area contributed by atoms with Gasteiger partial charge in [-0.3, -0.25) is 0 Å². The molecule has 0 saturated carbocycles. The predicted octanol–water partition coefficient (Wildman–Crippen LogP) is 5.08. The van der Waals surface area contributed by atoms with Crippen LogP contribution in [0.25, 0.3) is 22.2 Å². The number of aromatic nitrogens is 1. The van der Waals surface area contributed by atoms with Crippen molar-refractivity contribution in [2.24, 2.45) is 0 Å². The Labute approximate surface area is 183 Å². The Balaban J connectivity index is 1.56. The minimum absolute atomic E-state index is 0.0451. The van der Waals surface area contributed by atoms with E-state index in [1.54, 1.807) is 22.2 Å². The lowest BCUT2D eigenvalue weighted by atomic mass is 9.33. The van der Waals surface area contributed by atoms with Crippen LogP contribution >= 0.6 is 0 Å². The Morgan fingerprint density at radius 1 is 0.839 bits per heavy atom. The molecule has 2 aliphatic carbocycles. The van der Waals surface area contributed by atoms with Gasteiger partial charge in [-0.25, -0.2) is 0 Å². The Morgan fingerprint density at radius 2 is 1.65 bits per heavy atom. The van der Waals surface area contributed by atoms with E-state index in [2.05, 4.69) is 79.1 Å². The van der Waals surface area contributed by atoms with E-state index < -0.39 is 0 Å². The van der Waals surface area contributed by atoms with Crippen LogP contribution < -0.4 is 10.9 Å². The number of rotatable bonds is 0. The van der Waals surface area contributed by atoms with Gasteiger partial charge in [-0.1, -0.05) is 73.9 Å². The van der Waals surface area contributed by atoms with Gasteiger partial charge in [0.2, 0.25) is 6.71 Å². The molecule has 0 fully saturated rings. The molecule has 0 saturated heterocycles. The van der Waals surface area contributed by atoms with Crippen molar-refractivity contribution in [1.29, 1.82) is 0 Å². The smallest absolute Gasteiger partial charge is 0.244 e. The SMILES string of the molecule is CC1(C)C2=C(c3ccccc31)c1cccc3c1B2c1cccc2c4c(n-3c12)CCCC4. The van der Waals surface area contributed by atoms with Crippen LogP contribution in [0.2, 0.25) is 0 Å². The van der Waals surface area contributed by atoms with E-state index in [4.69, 9.17) is 0 Å². The van der Waals surface area contributed by atoms with E-state index >= 15 is 0 Å². The predicted molar refractivity (Wildman–Crippen MR) is 130 cm³/mol. The highest BCUT2D eigenvalue weighted by Crippen LogP contribution is 2.53. The van der Waals surface area contributed by atoms with Gasteiger partial charge in [0.05, 0.1) is 0 Å². The second-order valence-electron chi connectivity index (χ2n) is 10.3. The molecule has 0 radical (unpaired) electrons. The maximum absolute atomic E-state index is 2.66. The molecule has 3 aromatic carbocycles. The third-order valence-electron chi connectivity index (χ3n) is 8.62. The van der Waals surface area contributed by atoms with Crippen molar-refractivity contribution < 1.29 is 0 Å². The van der Waals surface area contributed by atoms with Gasteiger partial charge in [-0.05, 0) is 70.5 Å². The molecule has 0 amide bonds. The maximum Gasteiger partial charge on any atom is 0.244 e. The first-order valence-corrected chi connectivity index (χ1v) is 11.8. The number of hydrogen-bond acceptors (Lipinski definition) is 0. The average Bonchev–Trinajstić information content (AvgIpc) is 3.40. The first-order valence-electron chi connectivity index (χ1n) is 11.8. The Bertz CT molecular complexity index is 1510. The summed E-state index contributed by atoms with van der Waals surface area (Å²) in [6, 6.07) is 23.3. The molecule has 148 valence electrons. The molecular formula is C29H24BN. The largest absolute Gasteiger partial charge is 0.314 e. The third-order valence-corrected chi connectivity index (χ3v) is 8.62. The van der Waals surface area contributed by atoms with E-state index in [0.29, 0.717) is 6.71 Å². The number of allylic oxidation sites excluding steroid dienone is 1. The van der Waals surface area contributed by atoms with Crippen molar-refractivity contribution in [1.82, 2.24) is 4.57 Å². The van der Waals surface area contributed by atoms with Crippen LogP contribution in [0, 0.1) is 0 Å². The molecule has 0 N–H and O–H groups in total. The lowest BCUT2D eigenvalue weighted by Crippen LogP contribution is -2.51. The summed E-state index contributed by atoms with van der Waals surface area (Å²) in [6.45, 7) is 5.26. The Kier molecular flexibility index (Phi) is 2.82. The highest BCUT2D eigenvalue weighted by Gasteiger charge is 2.51. The van der Waals surface area contributed by atoms with Crippen molar-refractivity contribution in [3.8, 4) is 5.69 Å². The summed E-state index contributed by atoms with van der Waals surface area (Å²) < 4.78 is 2.66. The molecule has 0 spiro atoms. The van der Waals surface area contributed by atoms with Crippen LogP contribution in [0.4, 0.5) is 0 Å². The molecule has 2 aliphatic heterocycles. The molecule has 1 aromatic heterocycles. The van der Waals surface area contributed by atoms with Gasteiger partial charge < -0.3 is 4.57 Å². The van der Waals surface area contributed by atoms with Gasteiger partial charge in [0, 0.05) is 27.7 Å². The Morgan fingerprint density at radius 3 is 2.58 bits per heavy atom. The van der Waals surface area contributed by atoms with Crippen molar-refractivity contribution in [3.05, 3.63) is 94.1 Å². The minimum Gasteiger partial charge on any atom is -0.314 e. The van der Waals surface area contributed by atoms with Crippen LogP contribution in [0.3, 0.4) is 0 Å². The average molecular weight is 397 g/mol. The molecule has 4 aliphatic rings. The van der Waals surface area contributed by atoms with Gasteiger partial charge >= 0.3 is 0 Å². The fourth-order valence-electron chi connectivity index (χ4n) is 7.48. The summed E-state index contributed by atoms with van der Waals surface area (Å²) >= 11 is 0. The quantitative estimate of drug-likeness (QED) is 0.365. The van der Waals surface area contributed by atoms with Crippen molar-refractivity contribution >= 4 is 34.1 Å². The molecule has 0 bridgehead atoms. The lowest BCUT2D eigenvalue weighted by molar-refractivity contribution is 0.665. The Hall–Kier alpha value is -3.00. The van der Waals surface area contributed by atoms with E-state index in [-0.39, 0.29) is 5.41 Å². The van der Waals surface area contributed by atoms with Gasteiger partial charge in [0.15, 0.2) is 0 Å². The van der Waals surface area contributed by atoms with Gasteiger partial charge in [-0.2, -0.15) is 0 Å². The van der Waals surface area contributed by atoms with E-state index in [0.717, 1.165) is 0 Å². The highest BCUT2D eigenvalue weighted by atomic mass is 15.0. The molecule has 31 heavy (non-hydrogen) atoms. The normalized spacial score (nSPS) is 18.8. The first kappa shape index (κ1) is 16.7. The van der Waals surface area contributed by atoms with E-state index in [9.17, 15) is 0 Å². The second-order valence-corrected chi connectivity index (χ2v) is 10.3. The molecule has 0 unspecified atom stereocenters. The number of hydrogen-bond donors (Lipinski definition) is 0. The van der Waals surface area contributed by atoms with Gasteiger partial charge in [0.25, 0.3) is 0 Å². The zero-order valence-electron chi connectivity index (χ0n) is 18.1. The molecule has 1 nitrogen and oxygen atoms in total. The minimum atomic E-state index is 0.0451. The monoisotopic (exact) mass is 397 g/mol. The van der Waals surface area contributed by atoms with Crippen LogP contribution in [0.15, 0.2) is 66.1 Å². The number of nitrogens with zero attached hydrogens (tertiary/aromatic N) is 1. The summed E-state index contributed by atoms with van der Waals surface area (Å²) in [7, 11) is 0. The summed E-state index contributed by atoms with van der Waals surface area (Å²) in [5, 5.41) is 1.51. The van der Waals surface area contributed by atoms with Crippen LogP contribution in [-0.2, 0) is 18.3 Å². The van der Waals surface area contributed by atoms with E-state index in [1.807, 2.05) is 0 Å². The van der Waals surface area contributed by atoms with Crippen LogP contribution in [-0.4, -0.2) is 11.3 Å². The zero-order valence-corrected chi connectivity index (χ0v) is 18.1. The maximum atomic E-state index is 2.66. The number of aryl methyl sites for hydroxylation is 1. The molecule has 3 heterocycles. The number of para-hydroxylation sites is 1. The molecule has 0 atom stereocenters. The summed E-state index contributed by atoms with van der Waals surface area (Å²) in [6.07, 6.45) is 5.07. The molecule has 2 heteroatoms. The topological polar surface area (TPSA) is 4.93 Å². The molecule has 8 rings (SSSR count). The standard InChI is InChI=1S/C29H24BN/c1-29(2)21-13-5-3-10-19(21)25-20-12-8-16-24-26(20)30(28(25)29)22-14-7-11-18-17-9-4-6-15-23(17)31(24)27(18)22/h3,5,7-8,10-14,16H,4,6,9,15H2,1-2H3. The lowest BCUT2D eigenvalue weighted by Gasteiger charge is -2.32. The van der Waals surface area contributed by atoms with Crippen molar-refractivity contribution in [3.63, 3.8) is 0 Å². The van der Waals surface area contributed by atoms with Crippen molar-refractivity contribution in [2.45, 2.75) is 44.9 Å². The number of benzene rings is 3. The van der Waals surface area contributed by atoms with Crippen molar-refractivity contribution in [2.75, 3.05) is 0 Å². The van der Waals surface area contributed by atoms with Crippen LogP contribution in [0.1, 0.15) is 54.6 Å². The fourth-order valence-corrected chi connectivity index (χ4v) is 7.48. The van der Waals surface area contributed by atoms with Gasteiger partial charge in [0.1, 0.15) is 0 Å². The third kappa shape index (κ3) is 1.72. The fraction of sp³-hybridized carbons (Fsp3) is 0.241.